The van der Waals surface area contributed by atoms with E-state index in [1.807, 2.05) is 72.8 Å². The van der Waals surface area contributed by atoms with Crippen molar-refractivity contribution in [1.82, 2.24) is 15.5 Å². The Hall–Kier alpha value is -3.84. The Morgan fingerprint density at radius 3 is 2.18 bits per heavy atom. The lowest BCUT2D eigenvalue weighted by atomic mass is 10.0. The highest BCUT2D eigenvalue weighted by molar-refractivity contribution is 7.18. The molecule has 1 unspecified atom stereocenters. The number of nitrogens with zero attached hydrogens (tertiary/aromatic N) is 2. The number of aryl methyl sites for hydroxylation is 1. The highest BCUT2D eigenvalue weighted by Crippen LogP contribution is 2.26. The predicted molar refractivity (Wildman–Crippen MR) is 131 cm³/mol. The number of rotatable bonds is 8. The van der Waals surface area contributed by atoms with Gasteiger partial charge in [-0.1, -0.05) is 91.1 Å². The summed E-state index contributed by atoms with van der Waals surface area (Å²) in [5.74, 6) is -0.635. The monoisotopic (exact) mass is 456 g/mol. The molecule has 0 spiro atoms. The van der Waals surface area contributed by atoms with E-state index < -0.39 is 6.04 Å². The zero-order valence-electron chi connectivity index (χ0n) is 18.2. The highest BCUT2D eigenvalue weighted by Gasteiger charge is 2.23. The normalized spacial score (nSPS) is 11.5. The van der Waals surface area contributed by atoms with Gasteiger partial charge in [0.25, 0.3) is 5.91 Å². The highest BCUT2D eigenvalue weighted by atomic mass is 32.1. The van der Waals surface area contributed by atoms with Gasteiger partial charge in [-0.15, -0.1) is 10.2 Å². The maximum Gasteiger partial charge on any atom is 0.251 e. The third-order valence-corrected chi connectivity index (χ3v) is 6.09. The largest absolute Gasteiger partial charge is 0.340 e. The molecule has 2 N–H and O–H groups in total. The first-order valence-electron chi connectivity index (χ1n) is 10.8. The second-order valence-electron chi connectivity index (χ2n) is 7.53. The van der Waals surface area contributed by atoms with E-state index in [0.29, 0.717) is 22.1 Å². The van der Waals surface area contributed by atoms with Gasteiger partial charge in [0.15, 0.2) is 0 Å². The molecule has 3 aromatic carbocycles. The summed E-state index contributed by atoms with van der Waals surface area (Å²) in [5, 5.41) is 15.1. The molecule has 0 radical (unpaired) electrons. The lowest BCUT2D eigenvalue weighted by Gasteiger charge is -2.18. The van der Waals surface area contributed by atoms with E-state index in [4.69, 9.17) is 0 Å². The molecule has 0 saturated heterocycles. The van der Waals surface area contributed by atoms with Crippen molar-refractivity contribution in [3.63, 3.8) is 0 Å². The van der Waals surface area contributed by atoms with E-state index >= 15 is 0 Å². The van der Waals surface area contributed by atoms with E-state index in [2.05, 4.69) is 27.8 Å². The first-order chi connectivity index (χ1) is 16.1. The van der Waals surface area contributed by atoms with E-state index in [9.17, 15) is 9.59 Å². The smallest absolute Gasteiger partial charge is 0.251 e. The van der Waals surface area contributed by atoms with Gasteiger partial charge in [0.2, 0.25) is 11.0 Å². The molecule has 166 valence electrons. The Morgan fingerprint density at radius 2 is 1.52 bits per heavy atom. The van der Waals surface area contributed by atoms with Gasteiger partial charge in [-0.3, -0.25) is 14.9 Å². The van der Waals surface area contributed by atoms with Gasteiger partial charge in [0.1, 0.15) is 11.0 Å². The summed E-state index contributed by atoms with van der Waals surface area (Å²) in [6.07, 6.45) is 1.25. The summed E-state index contributed by atoms with van der Waals surface area (Å²) in [4.78, 5) is 26.0. The summed E-state index contributed by atoms with van der Waals surface area (Å²) in [6.45, 7) is 2.06. The molecule has 4 rings (SSSR count). The fraction of sp³-hybridized carbons (Fsp3) is 0.154. The van der Waals surface area contributed by atoms with Crippen LogP contribution in [0.2, 0.25) is 0 Å². The summed E-state index contributed by atoms with van der Waals surface area (Å²) in [7, 11) is 0. The van der Waals surface area contributed by atoms with Crippen molar-refractivity contribution in [3.05, 3.63) is 102 Å². The second-order valence-corrected chi connectivity index (χ2v) is 8.51. The summed E-state index contributed by atoms with van der Waals surface area (Å²) in [5.41, 5.74) is 3.54. The van der Waals surface area contributed by atoms with Crippen molar-refractivity contribution in [2.75, 3.05) is 5.32 Å². The van der Waals surface area contributed by atoms with Crippen molar-refractivity contribution >= 4 is 28.3 Å². The lowest BCUT2D eigenvalue weighted by Crippen LogP contribution is -2.45. The third-order valence-electron chi connectivity index (χ3n) is 5.20. The van der Waals surface area contributed by atoms with Crippen LogP contribution in [0.5, 0.6) is 0 Å². The molecule has 33 heavy (non-hydrogen) atoms. The average Bonchev–Trinajstić information content (AvgIpc) is 3.33. The first-order valence-corrected chi connectivity index (χ1v) is 11.6. The van der Waals surface area contributed by atoms with Crippen molar-refractivity contribution < 1.29 is 9.59 Å². The van der Waals surface area contributed by atoms with Gasteiger partial charge in [-0.05, 0) is 29.7 Å². The number of amides is 2. The van der Waals surface area contributed by atoms with Crippen LogP contribution in [-0.2, 0) is 17.6 Å². The molecule has 1 aromatic heterocycles. The minimum Gasteiger partial charge on any atom is -0.340 e. The van der Waals surface area contributed by atoms with Crippen LogP contribution in [0.4, 0.5) is 5.13 Å². The molecule has 0 aliphatic rings. The number of aromatic nitrogens is 2. The third kappa shape index (κ3) is 5.90. The molecule has 6 nitrogen and oxygen atoms in total. The standard InChI is InChI=1S/C26H24N4O2S/c1-2-18-13-15-20(16-14-18)23(31)27-22(17-19-9-5-3-6-10-19)24(32)28-26-30-29-25(33-26)21-11-7-4-8-12-21/h3-16,22H,2,17H2,1H3,(H,27,31)(H,28,30,32). The second kappa shape index (κ2) is 10.7. The number of hydrogen-bond donors (Lipinski definition) is 2. The van der Waals surface area contributed by atoms with Gasteiger partial charge in [0, 0.05) is 17.5 Å². The SMILES string of the molecule is CCc1ccc(C(=O)NC(Cc2ccccc2)C(=O)Nc2nnc(-c3ccccc3)s2)cc1. The zero-order chi connectivity index (χ0) is 23.0. The zero-order valence-corrected chi connectivity index (χ0v) is 19.0. The topological polar surface area (TPSA) is 84.0 Å². The van der Waals surface area contributed by atoms with E-state index in [1.165, 1.54) is 11.3 Å². The van der Waals surface area contributed by atoms with Gasteiger partial charge in [-0.2, -0.15) is 0 Å². The Kier molecular flexibility index (Phi) is 7.22. The lowest BCUT2D eigenvalue weighted by molar-refractivity contribution is -0.118. The Balaban J connectivity index is 1.50. The molecular formula is C26H24N4O2S. The van der Waals surface area contributed by atoms with Gasteiger partial charge >= 0.3 is 0 Å². The molecule has 7 heteroatoms. The molecular weight excluding hydrogens is 432 g/mol. The maximum absolute atomic E-state index is 13.1. The molecule has 1 heterocycles. The van der Waals surface area contributed by atoms with Crippen LogP contribution in [0.3, 0.4) is 0 Å². The number of benzene rings is 3. The van der Waals surface area contributed by atoms with Crippen LogP contribution in [0.1, 0.15) is 28.4 Å². The van der Waals surface area contributed by atoms with Crippen molar-refractivity contribution in [3.8, 4) is 10.6 Å². The molecule has 2 amide bonds. The minimum absolute atomic E-state index is 0.295. The quantitative estimate of drug-likeness (QED) is 0.401. The number of carbonyl (C=O) groups is 2. The Morgan fingerprint density at radius 1 is 0.848 bits per heavy atom. The fourth-order valence-corrected chi connectivity index (χ4v) is 4.11. The van der Waals surface area contributed by atoms with Crippen LogP contribution in [0, 0.1) is 0 Å². The molecule has 0 fully saturated rings. The fourth-order valence-electron chi connectivity index (χ4n) is 3.36. The molecule has 0 aliphatic carbocycles. The van der Waals surface area contributed by atoms with Crippen molar-refractivity contribution in [2.24, 2.45) is 0 Å². The summed E-state index contributed by atoms with van der Waals surface area (Å²) < 4.78 is 0. The molecule has 0 aliphatic heterocycles. The van der Waals surface area contributed by atoms with Crippen LogP contribution < -0.4 is 10.6 Å². The number of hydrogen-bond acceptors (Lipinski definition) is 5. The number of carbonyl (C=O) groups excluding carboxylic acids is 2. The van der Waals surface area contributed by atoms with Crippen molar-refractivity contribution in [1.29, 1.82) is 0 Å². The first kappa shape index (κ1) is 22.4. The molecule has 4 aromatic rings. The summed E-state index contributed by atoms with van der Waals surface area (Å²) >= 11 is 1.29. The Bertz CT molecular complexity index is 1210. The molecule has 0 saturated carbocycles. The number of anilines is 1. The van der Waals surface area contributed by atoms with Gasteiger partial charge < -0.3 is 5.32 Å². The van der Waals surface area contributed by atoms with E-state index in [1.54, 1.807) is 12.1 Å². The number of nitrogens with one attached hydrogen (secondary N) is 2. The van der Waals surface area contributed by atoms with E-state index in [-0.39, 0.29) is 11.8 Å². The summed E-state index contributed by atoms with van der Waals surface area (Å²) in [6, 6.07) is 25.9. The predicted octanol–water partition coefficient (Wildman–Crippen LogP) is 4.75. The van der Waals surface area contributed by atoms with Crippen LogP contribution in [0.15, 0.2) is 84.9 Å². The van der Waals surface area contributed by atoms with Crippen LogP contribution >= 0.6 is 11.3 Å². The van der Waals surface area contributed by atoms with Crippen LogP contribution in [0.25, 0.3) is 10.6 Å². The van der Waals surface area contributed by atoms with Gasteiger partial charge in [0.05, 0.1) is 0 Å². The average molecular weight is 457 g/mol. The van der Waals surface area contributed by atoms with Crippen molar-refractivity contribution in [2.45, 2.75) is 25.8 Å². The molecule has 0 bridgehead atoms. The maximum atomic E-state index is 13.1. The van der Waals surface area contributed by atoms with Gasteiger partial charge in [-0.25, -0.2) is 0 Å². The Labute approximate surface area is 196 Å². The molecule has 1 atom stereocenters. The van der Waals surface area contributed by atoms with Crippen LogP contribution in [-0.4, -0.2) is 28.1 Å². The van der Waals surface area contributed by atoms with E-state index in [0.717, 1.165) is 23.1 Å². The minimum atomic E-state index is -0.769.